The maximum Gasteiger partial charge on any atom is 0.336 e. The monoisotopic (exact) mass is 442 g/mol. The Kier molecular flexibility index (Phi) is 8.19. The summed E-state index contributed by atoms with van der Waals surface area (Å²) in [5, 5.41) is 17.8. The molecule has 8 heteroatoms. The third kappa shape index (κ3) is 6.77. The van der Waals surface area contributed by atoms with Crippen LogP contribution < -0.4 is 10.1 Å². The molecule has 0 radical (unpaired) electrons. The van der Waals surface area contributed by atoms with Gasteiger partial charge in [0.25, 0.3) is 0 Å². The zero-order valence-electron chi connectivity index (χ0n) is 19.0. The van der Waals surface area contributed by atoms with Gasteiger partial charge in [0.2, 0.25) is 0 Å². The van der Waals surface area contributed by atoms with Gasteiger partial charge in [-0.25, -0.2) is 9.07 Å². The van der Waals surface area contributed by atoms with Crippen molar-refractivity contribution >= 4 is 5.69 Å². The molecule has 0 aliphatic carbocycles. The van der Waals surface area contributed by atoms with Crippen LogP contribution >= 0.6 is 0 Å². The van der Waals surface area contributed by atoms with Crippen molar-refractivity contribution in [2.45, 2.75) is 39.9 Å². The fourth-order valence-corrected chi connectivity index (χ4v) is 2.94. The molecule has 0 saturated heterocycles. The normalized spacial score (nSPS) is 12.4. The number of ether oxygens (including phenoxy) is 2. The molecule has 0 fully saturated rings. The van der Waals surface area contributed by atoms with Crippen molar-refractivity contribution in [1.82, 2.24) is 14.8 Å². The van der Waals surface area contributed by atoms with E-state index >= 15 is 0 Å². The lowest BCUT2D eigenvalue weighted by atomic mass is 10.2. The summed E-state index contributed by atoms with van der Waals surface area (Å²) in [6.07, 6.45) is -0.569. The summed E-state index contributed by atoms with van der Waals surface area (Å²) in [4.78, 5) is 4.50. The van der Waals surface area contributed by atoms with E-state index in [-0.39, 0.29) is 24.5 Å². The second kappa shape index (κ2) is 11.1. The standard InChI is InChI=1S/C24H31FN4O3/c1-16(2)14-32-24-27-23(18-7-5-8-19(25)11-18)29(28-24)21-10-6-9-20(12-21)26-13-22(30)15-31-17(3)4/h5-12,16-17,22,26,30H,13-15H2,1-4H3. The summed E-state index contributed by atoms with van der Waals surface area (Å²) in [6, 6.07) is 14.0. The Hall–Kier alpha value is -2.97. The fraction of sp³-hybridized carbons (Fsp3) is 0.417. The quantitative estimate of drug-likeness (QED) is 0.461. The Labute approximate surface area is 188 Å². The van der Waals surface area contributed by atoms with Gasteiger partial charge in [-0.15, -0.1) is 5.10 Å². The number of aliphatic hydroxyl groups is 1. The molecule has 2 aromatic carbocycles. The van der Waals surface area contributed by atoms with Crippen LogP contribution in [-0.4, -0.2) is 51.8 Å². The van der Waals surface area contributed by atoms with E-state index in [9.17, 15) is 9.50 Å². The molecule has 0 aliphatic rings. The number of anilines is 1. The molecule has 1 atom stereocenters. The lowest BCUT2D eigenvalue weighted by Crippen LogP contribution is -2.26. The number of nitrogens with zero attached hydrogens (tertiary/aromatic N) is 3. The molecule has 1 heterocycles. The van der Waals surface area contributed by atoms with Gasteiger partial charge < -0.3 is 19.9 Å². The van der Waals surface area contributed by atoms with Crippen molar-refractivity contribution in [3.8, 4) is 23.1 Å². The Morgan fingerprint density at radius 1 is 1.06 bits per heavy atom. The highest BCUT2D eigenvalue weighted by molar-refractivity contribution is 5.60. The minimum atomic E-state index is -0.633. The molecule has 1 unspecified atom stereocenters. The number of nitrogens with one attached hydrogen (secondary N) is 1. The number of aliphatic hydroxyl groups excluding tert-OH is 1. The maximum atomic E-state index is 13.9. The molecule has 1 aromatic heterocycles. The zero-order chi connectivity index (χ0) is 23.1. The molecule has 172 valence electrons. The maximum absolute atomic E-state index is 13.9. The molecule has 2 N–H and O–H groups in total. The Morgan fingerprint density at radius 3 is 2.56 bits per heavy atom. The zero-order valence-corrected chi connectivity index (χ0v) is 19.0. The summed E-state index contributed by atoms with van der Waals surface area (Å²) >= 11 is 0. The molecule has 0 amide bonds. The first-order valence-corrected chi connectivity index (χ1v) is 10.8. The second-order valence-corrected chi connectivity index (χ2v) is 8.31. The Balaban J connectivity index is 1.85. The van der Waals surface area contributed by atoms with Gasteiger partial charge in [0.05, 0.1) is 31.1 Å². The molecule has 0 aliphatic heterocycles. The molecular weight excluding hydrogens is 411 g/mol. The number of hydrogen-bond donors (Lipinski definition) is 2. The summed E-state index contributed by atoms with van der Waals surface area (Å²) in [5.74, 6) is 0.443. The number of rotatable bonds is 11. The highest BCUT2D eigenvalue weighted by atomic mass is 19.1. The summed E-state index contributed by atoms with van der Waals surface area (Å²) < 4.78 is 26.7. The first kappa shape index (κ1) is 23.7. The van der Waals surface area contributed by atoms with Crippen molar-refractivity contribution in [3.05, 3.63) is 54.3 Å². The number of benzene rings is 2. The van der Waals surface area contributed by atoms with Crippen molar-refractivity contribution in [2.75, 3.05) is 25.1 Å². The van der Waals surface area contributed by atoms with Gasteiger partial charge in [-0.3, -0.25) is 0 Å². The van der Waals surface area contributed by atoms with Crippen LogP contribution in [0.4, 0.5) is 10.1 Å². The van der Waals surface area contributed by atoms with Gasteiger partial charge in [-0.1, -0.05) is 32.0 Å². The van der Waals surface area contributed by atoms with Gasteiger partial charge in [-0.05, 0) is 50.1 Å². The first-order valence-electron chi connectivity index (χ1n) is 10.8. The second-order valence-electron chi connectivity index (χ2n) is 8.31. The number of halogens is 1. The number of hydrogen-bond acceptors (Lipinski definition) is 6. The number of aromatic nitrogens is 3. The molecule has 0 bridgehead atoms. The van der Waals surface area contributed by atoms with E-state index in [1.165, 1.54) is 12.1 Å². The van der Waals surface area contributed by atoms with Crippen LogP contribution in [0.15, 0.2) is 48.5 Å². The van der Waals surface area contributed by atoms with Crippen molar-refractivity contribution < 1.29 is 19.0 Å². The van der Waals surface area contributed by atoms with Crippen LogP contribution in [0.5, 0.6) is 6.01 Å². The highest BCUT2D eigenvalue weighted by Crippen LogP contribution is 2.25. The summed E-state index contributed by atoms with van der Waals surface area (Å²) in [6.45, 7) is 9.01. The van der Waals surface area contributed by atoms with Gasteiger partial charge in [0.15, 0.2) is 5.82 Å². The largest absolute Gasteiger partial charge is 0.462 e. The highest BCUT2D eigenvalue weighted by Gasteiger charge is 2.16. The van der Waals surface area contributed by atoms with Gasteiger partial charge in [0, 0.05) is 17.8 Å². The average Bonchev–Trinajstić information content (AvgIpc) is 3.19. The minimum absolute atomic E-state index is 0.0636. The van der Waals surface area contributed by atoms with E-state index in [1.54, 1.807) is 16.8 Å². The van der Waals surface area contributed by atoms with Gasteiger partial charge >= 0.3 is 6.01 Å². The smallest absolute Gasteiger partial charge is 0.336 e. The Morgan fingerprint density at radius 2 is 1.84 bits per heavy atom. The van der Waals surface area contributed by atoms with Gasteiger partial charge in [-0.2, -0.15) is 4.98 Å². The van der Waals surface area contributed by atoms with E-state index in [2.05, 4.69) is 15.4 Å². The molecule has 7 nitrogen and oxygen atoms in total. The van der Waals surface area contributed by atoms with Crippen LogP contribution in [0.1, 0.15) is 27.7 Å². The molecule has 3 rings (SSSR count). The van der Waals surface area contributed by atoms with Crippen LogP contribution in [0.25, 0.3) is 17.1 Å². The third-order valence-electron chi connectivity index (χ3n) is 4.47. The lowest BCUT2D eigenvalue weighted by Gasteiger charge is -2.15. The van der Waals surface area contributed by atoms with E-state index in [4.69, 9.17) is 9.47 Å². The van der Waals surface area contributed by atoms with Gasteiger partial charge in [0.1, 0.15) is 5.82 Å². The molecule has 32 heavy (non-hydrogen) atoms. The third-order valence-corrected chi connectivity index (χ3v) is 4.47. The Bertz CT molecular complexity index is 1010. The van der Waals surface area contributed by atoms with Crippen molar-refractivity contribution in [3.63, 3.8) is 0 Å². The van der Waals surface area contributed by atoms with Crippen LogP contribution in [0.2, 0.25) is 0 Å². The minimum Gasteiger partial charge on any atom is -0.462 e. The first-order chi connectivity index (χ1) is 15.3. The predicted octanol–water partition coefficient (Wildman–Crippen LogP) is 4.31. The van der Waals surface area contributed by atoms with E-state index in [1.807, 2.05) is 52.0 Å². The average molecular weight is 443 g/mol. The summed E-state index contributed by atoms with van der Waals surface area (Å²) in [5.41, 5.74) is 2.13. The summed E-state index contributed by atoms with van der Waals surface area (Å²) in [7, 11) is 0. The molecule has 0 saturated carbocycles. The molecule has 3 aromatic rings. The van der Waals surface area contributed by atoms with Crippen LogP contribution in [0.3, 0.4) is 0 Å². The van der Waals surface area contributed by atoms with Crippen LogP contribution in [0, 0.1) is 11.7 Å². The van der Waals surface area contributed by atoms with Crippen molar-refractivity contribution in [1.29, 1.82) is 0 Å². The fourth-order valence-electron chi connectivity index (χ4n) is 2.94. The lowest BCUT2D eigenvalue weighted by molar-refractivity contribution is 0.0112. The molecular formula is C24H31FN4O3. The predicted molar refractivity (Wildman–Crippen MR) is 123 cm³/mol. The topological polar surface area (TPSA) is 81.4 Å². The van der Waals surface area contributed by atoms with E-state index < -0.39 is 6.10 Å². The SMILES string of the molecule is CC(C)COc1nc(-c2cccc(F)c2)n(-c2cccc(NCC(O)COC(C)C)c2)n1. The molecule has 0 spiro atoms. The van der Waals surface area contributed by atoms with Crippen LogP contribution in [-0.2, 0) is 4.74 Å². The van der Waals surface area contributed by atoms with Crippen molar-refractivity contribution in [2.24, 2.45) is 5.92 Å². The van der Waals surface area contributed by atoms with E-state index in [0.717, 1.165) is 11.4 Å². The van der Waals surface area contributed by atoms with E-state index in [0.29, 0.717) is 30.5 Å².